The zero-order chi connectivity index (χ0) is 23.0. The van der Waals surface area contributed by atoms with Gasteiger partial charge in [-0.2, -0.15) is 0 Å². The summed E-state index contributed by atoms with van der Waals surface area (Å²) < 4.78 is 22.0. The molecule has 170 valence electrons. The van der Waals surface area contributed by atoms with Crippen LogP contribution in [-0.2, 0) is 4.74 Å². The molecule has 0 amide bonds. The zero-order valence-corrected chi connectivity index (χ0v) is 16.9. The fourth-order valence-electron chi connectivity index (χ4n) is 3.53. The highest BCUT2D eigenvalue weighted by molar-refractivity contribution is 5.88. The number of ether oxygens (including phenoxy) is 3. The highest BCUT2D eigenvalue weighted by Crippen LogP contribution is 2.34. The molecule has 1 saturated heterocycles. The normalized spacial score (nSPS) is 25.6. The molecule has 0 saturated carbocycles. The lowest BCUT2D eigenvalue weighted by Gasteiger charge is -2.39. The topological polar surface area (TPSA) is 159 Å². The van der Waals surface area contributed by atoms with E-state index in [0.717, 1.165) is 0 Å². The Labute approximate surface area is 181 Å². The molecule has 1 aliphatic heterocycles. The molecule has 1 fully saturated rings. The van der Waals surface area contributed by atoms with Crippen molar-refractivity contribution in [1.29, 1.82) is 0 Å². The minimum atomic E-state index is -1.67. The molecule has 1 aliphatic rings. The maximum atomic E-state index is 13.3. The fraction of sp³-hybridized carbons (Fsp3) is 0.318. The highest BCUT2D eigenvalue weighted by atomic mass is 16.7. The van der Waals surface area contributed by atoms with Crippen LogP contribution in [0.4, 0.5) is 0 Å². The largest absolute Gasteiger partial charge is 0.508 e. The molecule has 0 spiro atoms. The molecule has 0 bridgehead atoms. The first-order valence-corrected chi connectivity index (χ1v) is 9.74. The molecule has 3 aromatic rings. The van der Waals surface area contributed by atoms with Gasteiger partial charge in [0.05, 0.1) is 19.3 Å². The maximum Gasteiger partial charge on any atom is 0.229 e. The van der Waals surface area contributed by atoms with Gasteiger partial charge in [0.1, 0.15) is 58.9 Å². The summed E-state index contributed by atoms with van der Waals surface area (Å²) in [7, 11) is 1.40. The molecule has 4 rings (SSSR count). The van der Waals surface area contributed by atoms with Gasteiger partial charge in [-0.3, -0.25) is 4.79 Å². The number of hydrogen-bond donors (Lipinski definition) is 5. The molecule has 1 aromatic heterocycles. The fourth-order valence-corrected chi connectivity index (χ4v) is 3.53. The van der Waals surface area contributed by atoms with Gasteiger partial charge in [0.15, 0.2) is 0 Å². The second kappa shape index (κ2) is 8.77. The van der Waals surface area contributed by atoms with E-state index in [-0.39, 0.29) is 33.8 Å². The van der Waals surface area contributed by atoms with Crippen LogP contribution in [0.2, 0.25) is 0 Å². The SMILES string of the molecule is COc1cc(O[C@@H]2O[C@@H](CO)[C@@H](O)[C@H](O)[C@H]2O)c2c(=O)c(-c3ccc(O)cc3)coc2c1. The first-order valence-electron chi connectivity index (χ1n) is 9.74. The van der Waals surface area contributed by atoms with E-state index in [2.05, 4.69) is 0 Å². The number of hydrogen-bond acceptors (Lipinski definition) is 10. The zero-order valence-electron chi connectivity index (χ0n) is 16.9. The predicted molar refractivity (Wildman–Crippen MR) is 111 cm³/mol. The van der Waals surface area contributed by atoms with Crippen LogP contribution in [0.25, 0.3) is 22.1 Å². The minimum absolute atomic E-state index is 0.0216. The average molecular weight is 446 g/mol. The lowest BCUT2D eigenvalue weighted by Crippen LogP contribution is -2.60. The first kappa shape index (κ1) is 22.1. The lowest BCUT2D eigenvalue weighted by molar-refractivity contribution is -0.277. The predicted octanol–water partition coefficient (Wildman–Crippen LogP) is 0.353. The Balaban J connectivity index is 1.81. The number of benzene rings is 2. The van der Waals surface area contributed by atoms with E-state index in [1.807, 2.05) is 0 Å². The molecule has 2 aromatic carbocycles. The molecule has 2 heterocycles. The highest BCUT2D eigenvalue weighted by Gasteiger charge is 2.45. The van der Waals surface area contributed by atoms with Crippen LogP contribution in [0.1, 0.15) is 0 Å². The van der Waals surface area contributed by atoms with Crippen LogP contribution in [0.5, 0.6) is 17.2 Å². The summed E-state index contributed by atoms with van der Waals surface area (Å²) in [6, 6.07) is 8.83. The Bertz CT molecular complexity index is 1150. The average Bonchev–Trinajstić information content (AvgIpc) is 2.80. The number of rotatable bonds is 5. The quantitative estimate of drug-likeness (QED) is 0.370. The summed E-state index contributed by atoms with van der Waals surface area (Å²) in [4.78, 5) is 13.3. The second-order valence-corrected chi connectivity index (χ2v) is 7.34. The molecule has 5 N–H and O–H groups in total. The molecule has 0 radical (unpaired) electrons. The van der Waals surface area contributed by atoms with Gasteiger partial charge in [-0.1, -0.05) is 12.1 Å². The van der Waals surface area contributed by atoms with E-state index < -0.39 is 42.7 Å². The Morgan fingerprint density at radius 1 is 1.03 bits per heavy atom. The van der Waals surface area contributed by atoms with Gasteiger partial charge in [-0.15, -0.1) is 0 Å². The van der Waals surface area contributed by atoms with Crippen LogP contribution in [0.15, 0.2) is 51.9 Å². The van der Waals surface area contributed by atoms with Gasteiger partial charge in [0.25, 0.3) is 0 Å². The molecule has 10 heteroatoms. The van der Waals surface area contributed by atoms with Gasteiger partial charge in [-0.25, -0.2) is 0 Å². The Morgan fingerprint density at radius 3 is 2.41 bits per heavy atom. The summed E-state index contributed by atoms with van der Waals surface area (Å²) in [5.74, 6) is 0.269. The van der Waals surface area contributed by atoms with Gasteiger partial charge in [0, 0.05) is 12.1 Å². The van der Waals surface area contributed by atoms with E-state index in [1.54, 1.807) is 12.1 Å². The van der Waals surface area contributed by atoms with E-state index in [4.69, 9.17) is 18.6 Å². The van der Waals surface area contributed by atoms with Crippen molar-refractivity contribution in [3.8, 4) is 28.4 Å². The van der Waals surface area contributed by atoms with E-state index >= 15 is 0 Å². The molecule has 0 unspecified atom stereocenters. The van der Waals surface area contributed by atoms with Gasteiger partial charge >= 0.3 is 0 Å². The van der Waals surface area contributed by atoms with Crippen molar-refractivity contribution in [2.45, 2.75) is 30.7 Å². The Morgan fingerprint density at radius 2 is 1.75 bits per heavy atom. The molecular weight excluding hydrogens is 424 g/mol. The Kier molecular flexibility index (Phi) is 6.04. The third kappa shape index (κ3) is 3.90. The standard InChI is InChI=1S/C22H22O10/c1-29-12-6-14-17(18(25)13(9-30-14)10-2-4-11(24)5-3-10)15(7-12)31-22-21(28)20(27)19(26)16(8-23)32-22/h2-7,9,16,19-24,26-28H,8H2,1H3/t16-,19+,20-,21+,22+/m0/s1. The monoisotopic (exact) mass is 446 g/mol. The van der Waals surface area contributed by atoms with Crippen molar-refractivity contribution in [2.24, 2.45) is 0 Å². The van der Waals surface area contributed by atoms with Crippen LogP contribution in [-0.4, -0.2) is 70.0 Å². The van der Waals surface area contributed by atoms with Crippen LogP contribution in [0.3, 0.4) is 0 Å². The van der Waals surface area contributed by atoms with Gasteiger partial charge < -0.3 is 44.2 Å². The molecule has 10 nitrogen and oxygen atoms in total. The van der Waals surface area contributed by atoms with Crippen LogP contribution >= 0.6 is 0 Å². The number of aliphatic hydroxyl groups excluding tert-OH is 4. The van der Waals surface area contributed by atoms with E-state index in [1.165, 1.54) is 37.6 Å². The van der Waals surface area contributed by atoms with Gasteiger partial charge in [0.2, 0.25) is 11.7 Å². The third-order valence-electron chi connectivity index (χ3n) is 5.32. The van der Waals surface area contributed by atoms with Crippen molar-refractivity contribution in [3.05, 3.63) is 52.9 Å². The van der Waals surface area contributed by atoms with Crippen LogP contribution < -0.4 is 14.9 Å². The van der Waals surface area contributed by atoms with Gasteiger partial charge in [-0.05, 0) is 17.7 Å². The number of aliphatic hydroxyl groups is 4. The van der Waals surface area contributed by atoms with E-state index in [9.17, 15) is 30.3 Å². The van der Waals surface area contributed by atoms with Crippen molar-refractivity contribution in [2.75, 3.05) is 13.7 Å². The minimum Gasteiger partial charge on any atom is -0.508 e. The van der Waals surface area contributed by atoms with Crippen LogP contribution in [0, 0.1) is 0 Å². The smallest absolute Gasteiger partial charge is 0.229 e. The number of phenolic OH excluding ortho intramolecular Hbond substituents is 1. The van der Waals surface area contributed by atoms with Crippen molar-refractivity contribution in [3.63, 3.8) is 0 Å². The maximum absolute atomic E-state index is 13.3. The first-order chi connectivity index (χ1) is 15.3. The summed E-state index contributed by atoms with van der Waals surface area (Å²) in [5.41, 5.74) is 0.366. The van der Waals surface area contributed by atoms with E-state index in [0.29, 0.717) is 5.56 Å². The summed E-state index contributed by atoms with van der Waals surface area (Å²) in [6.07, 6.45) is -6.28. The Hall–Kier alpha value is -3.15. The number of methoxy groups -OCH3 is 1. The molecular formula is C22H22O10. The summed E-state index contributed by atoms with van der Waals surface area (Å²) in [5, 5.41) is 49.2. The molecule has 32 heavy (non-hydrogen) atoms. The third-order valence-corrected chi connectivity index (χ3v) is 5.32. The van der Waals surface area contributed by atoms with Crippen molar-refractivity contribution < 1.29 is 44.2 Å². The molecule has 5 atom stereocenters. The summed E-state index contributed by atoms with van der Waals surface area (Å²) in [6.45, 7) is -0.628. The second-order valence-electron chi connectivity index (χ2n) is 7.34. The van der Waals surface area contributed by atoms with Crippen molar-refractivity contribution >= 4 is 11.0 Å². The molecule has 0 aliphatic carbocycles. The number of phenols is 1. The number of aromatic hydroxyl groups is 1. The lowest BCUT2D eigenvalue weighted by atomic mass is 9.99. The number of fused-ring (bicyclic) bond motifs is 1. The van der Waals surface area contributed by atoms with Crippen molar-refractivity contribution in [1.82, 2.24) is 0 Å². The summed E-state index contributed by atoms with van der Waals surface area (Å²) >= 11 is 0.